The van der Waals surface area contributed by atoms with E-state index < -0.39 is 5.97 Å². The molecule has 3 N–H and O–H groups in total. The first-order valence-corrected chi connectivity index (χ1v) is 4.80. The molecule has 0 aliphatic heterocycles. The number of rotatable bonds is 4. The summed E-state index contributed by atoms with van der Waals surface area (Å²) in [5.41, 5.74) is 1.01. The molecule has 0 spiro atoms. The van der Waals surface area contributed by atoms with Crippen LogP contribution in [0, 0.1) is 6.92 Å². The second kappa shape index (κ2) is 5.16. The van der Waals surface area contributed by atoms with Gasteiger partial charge in [0.2, 0.25) is 0 Å². The van der Waals surface area contributed by atoms with Gasteiger partial charge in [0.15, 0.2) is 0 Å². The second-order valence-electron chi connectivity index (χ2n) is 3.40. The quantitative estimate of drug-likeness (QED) is 0.708. The molecule has 0 aliphatic carbocycles. The first-order valence-electron chi connectivity index (χ1n) is 4.80. The van der Waals surface area contributed by atoms with Crippen LogP contribution in [0.2, 0.25) is 0 Å². The molecule has 0 aliphatic rings. The topological polar surface area (TPSA) is 86.6 Å². The highest BCUT2D eigenvalue weighted by Crippen LogP contribution is 2.16. The molecular weight excluding hydrogens is 210 g/mol. The lowest BCUT2D eigenvalue weighted by Gasteiger charge is -2.05. The van der Waals surface area contributed by atoms with E-state index in [0.717, 1.165) is 0 Å². The Kier molecular flexibility index (Phi) is 3.88. The number of aliphatic carboxylic acids is 1. The van der Waals surface area contributed by atoms with Crippen molar-refractivity contribution in [3.63, 3.8) is 0 Å². The first-order chi connectivity index (χ1) is 7.50. The first kappa shape index (κ1) is 12.0. The second-order valence-corrected chi connectivity index (χ2v) is 3.40. The number of amides is 1. The van der Waals surface area contributed by atoms with Crippen molar-refractivity contribution >= 4 is 11.9 Å². The van der Waals surface area contributed by atoms with Crippen molar-refractivity contribution in [2.24, 2.45) is 0 Å². The molecule has 0 heterocycles. The third kappa shape index (κ3) is 3.27. The molecule has 0 radical (unpaired) electrons. The van der Waals surface area contributed by atoms with Crippen LogP contribution in [0.1, 0.15) is 22.3 Å². The monoisotopic (exact) mass is 223 g/mol. The van der Waals surface area contributed by atoms with Gasteiger partial charge in [-0.3, -0.25) is 9.59 Å². The molecule has 0 aromatic heterocycles. The molecule has 1 aromatic rings. The van der Waals surface area contributed by atoms with E-state index in [-0.39, 0.29) is 24.6 Å². The summed E-state index contributed by atoms with van der Waals surface area (Å²) in [6.07, 6.45) is -0.108. The van der Waals surface area contributed by atoms with Crippen molar-refractivity contribution < 1.29 is 19.8 Å². The van der Waals surface area contributed by atoms with Crippen molar-refractivity contribution in [2.75, 3.05) is 6.54 Å². The summed E-state index contributed by atoms with van der Waals surface area (Å²) in [6.45, 7) is 1.78. The number of phenolic OH excluding ortho intramolecular Hbond substituents is 1. The number of hydrogen-bond donors (Lipinski definition) is 3. The number of hydrogen-bond acceptors (Lipinski definition) is 3. The highest BCUT2D eigenvalue weighted by Gasteiger charge is 2.07. The van der Waals surface area contributed by atoms with E-state index in [4.69, 9.17) is 5.11 Å². The summed E-state index contributed by atoms with van der Waals surface area (Å²) in [7, 11) is 0. The fraction of sp³-hybridized carbons (Fsp3) is 0.273. The van der Waals surface area contributed by atoms with Crippen molar-refractivity contribution in [2.45, 2.75) is 13.3 Å². The van der Waals surface area contributed by atoms with E-state index in [1.165, 1.54) is 12.1 Å². The van der Waals surface area contributed by atoms with Crippen LogP contribution in [0.25, 0.3) is 0 Å². The number of carboxylic acid groups (broad SMARTS) is 1. The summed E-state index contributed by atoms with van der Waals surface area (Å²) < 4.78 is 0. The fourth-order valence-electron chi connectivity index (χ4n) is 1.18. The lowest BCUT2D eigenvalue weighted by molar-refractivity contribution is -0.136. The minimum atomic E-state index is -0.956. The van der Waals surface area contributed by atoms with Gasteiger partial charge < -0.3 is 15.5 Å². The average molecular weight is 223 g/mol. The fourth-order valence-corrected chi connectivity index (χ4v) is 1.18. The Morgan fingerprint density at radius 3 is 2.62 bits per heavy atom. The van der Waals surface area contributed by atoms with Gasteiger partial charge in [0.05, 0.1) is 6.42 Å². The molecule has 0 atom stereocenters. The molecule has 5 heteroatoms. The molecule has 86 valence electrons. The van der Waals surface area contributed by atoms with Crippen LogP contribution in [0.4, 0.5) is 0 Å². The molecule has 1 rings (SSSR count). The summed E-state index contributed by atoms with van der Waals surface area (Å²) in [5, 5.41) is 20.1. The number of benzene rings is 1. The van der Waals surface area contributed by atoms with Crippen LogP contribution in [0.3, 0.4) is 0 Å². The maximum Gasteiger partial charge on any atom is 0.305 e. The molecule has 0 unspecified atom stereocenters. The van der Waals surface area contributed by atoms with Crippen molar-refractivity contribution in [1.82, 2.24) is 5.32 Å². The molecule has 0 fully saturated rings. The maximum absolute atomic E-state index is 11.5. The Morgan fingerprint density at radius 1 is 1.38 bits per heavy atom. The number of carbonyl (C=O) groups is 2. The highest BCUT2D eigenvalue weighted by atomic mass is 16.4. The third-order valence-corrected chi connectivity index (χ3v) is 2.08. The average Bonchev–Trinajstić information content (AvgIpc) is 2.21. The van der Waals surface area contributed by atoms with Gasteiger partial charge in [-0.15, -0.1) is 0 Å². The van der Waals surface area contributed by atoms with E-state index in [1.807, 2.05) is 0 Å². The molecule has 0 bridgehead atoms. The van der Waals surface area contributed by atoms with Gasteiger partial charge in [-0.2, -0.15) is 0 Å². The zero-order chi connectivity index (χ0) is 12.1. The molecule has 1 aromatic carbocycles. The Hall–Kier alpha value is -2.04. The van der Waals surface area contributed by atoms with Gasteiger partial charge in [0.1, 0.15) is 5.75 Å². The summed E-state index contributed by atoms with van der Waals surface area (Å²) in [5.74, 6) is -1.17. The van der Waals surface area contributed by atoms with Gasteiger partial charge in [0, 0.05) is 12.1 Å². The number of carbonyl (C=O) groups excluding carboxylic acids is 1. The standard InChI is InChI=1S/C11H13NO4/c1-7-6-8(2-3-9(7)13)11(16)12-5-4-10(14)15/h2-3,6,13H,4-5H2,1H3,(H,12,16)(H,14,15). The van der Waals surface area contributed by atoms with Crippen LogP contribution in [0.15, 0.2) is 18.2 Å². The molecule has 0 saturated carbocycles. The van der Waals surface area contributed by atoms with E-state index in [2.05, 4.69) is 5.32 Å². The predicted molar refractivity (Wildman–Crippen MR) is 57.4 cm³/mol. The van der Waals surface area contributed by atoms with Crippen LogP contribution >= 0.6 is 0 Å². The van der Waals surface area contributed by atoms with Crippen LogP contribution in [-0.4, -0.2) is 28.6 Å². The van der Waals surface area contributed by atoms with Gasteiger partial charge in [0.25, 0.3) is 5.91 Å². The Balaban J connectivity index is 2.59. The van der Waals surface area contributed by atoms with Gasteiger partial charge >= 0.3 is 5.97 Å². The maximum atomic E-state index is 11.5. The predicted octanol–water partition coefficient (Wildman–Crippen LogP) is 0.905. The van der Waals surface area contributed by atoms with Crippen LogP contribution in [0.5, 0.6) is 5.75 Å². The molecule has 16 heavy (non-hydrogen) atoms. The molecule has 0 saturated heterocycles. The number of phenols is 1. The van der Waals surface area contributed by atoms with Crippen molar-refractivity contribution in [1.29, 1.82) is 0 Å². The zero-order valence-corrected chi connectivity index (χ0v) is 8.86. The molecule has 5 nitrogen and oxygen atoms in total. The largest absolute Gasteiger partial charge is 0.508 e. The van der Waals surface area contributed by atoms with E-state index in [0.29, 0.717) is 11.1 Å². The van der Waals surface area contributed by atoms with Crippen LogP contribution < -0.4 is 5.32 Å². The summed E-state index contributed by atoms with van der Waals surface area (Å²) >= 11 is 0. The van der Waals surface area contributed by atoms with E-state index >= 15 is 0 Å². The van der Waals surface area contributed by atoms with Crippen molar-refractivity contribution in [3.8, 4) is 5.75 Å². The van der Waals surface area contributed by atoms with Crippen LogP contribution in [-0.2, 0) is 4.79 Å². The number of aryl methyl sites for hydroxylation is 1. The Morgan fingerprint density at radius 2 is 2.06 bits per heavy atom. The summed E-state index contributed by atoms with van der Waals surface area (Å²) in [6, 6.07) is 4.46. The SMILES string of the molecule is Cc1cc(C(=O)NCCC(=O)O)ccc1O. The Labute approximate surface area is 92.7 Å². The van der Waals surface area contributed by atoms with Crippen molar-refractivity contribution in [3.05, 3.63) is 29.3 Å². The number of carboxylic acids is 1. The Bertz CT molecular complexity index is 414. The third-order valence-electron chi connectivity index (χ3n) is 2.08. The lowest BCUT2D eigenvalue weighted by Crippen LogP contribution is -2.25. The minimum Gasteiger partial charge on any atom is -0.508 e. The van der Waals surface area contributed by atoms with E-state index in [1.54, 1.807) is 13.0 Å². The van der Waals surface area contributed by atoms with Gasteiger partial charge in [-0.05, 0) is 30.7 Å². The molecule has 1 amide bonds. The smallest absolute Gasteiger partial charge is 0.305 e. The number of nitrogens with one attached hydrogen (secondary N) is 1. The lowest BCUT2D eigenvalue weighted by atomic mass is 10.1. The van der Waals surface area contributed by atoms with E-state index in [9.17, 15) is 14.7 Å². The van der Waals surface area contributed by atoms with Gasteiger partial charge in [-0.25, -0.2) is 0 Å². The minimum absolute atomic E-state index is 0.0914. The normalized spacial score (nSPS) is 9.81. The number of aromatic hydroxyl groups is 1. The zero-order valence-electron chi connectivity index (χ0n) is 8.86. The molecular formula is C11H13NO4. The highest BCUT2D eigenvalue weighted by molar-refractivity contribution is 5.94. The van der Waals surface area contributed by atoms with Gasteiger partial charge in [-0.1, -0.05) is 0 Å². The summed E-state index contributed by atoms with van der Waals surface area (Å²) in [4.78, 5) is 21.7.